The Bertz CT molecular complexity index is 1080. The predicted octanol–water partition coefficient (Wildman–Crippen LogP) is 4.23. The van der Waals surface area contributed by atoms with Gasteiger partial charge in [-0.15, -0.1) is 0 Å². The number of anilines is 1. The number of carbonyl (C=O) groups is 1. The molecule has 0 bridgehead atoms. The molecule has 0 unspecified atom stereocenters. The van der Waals surface area contributed by atoms with Gasteiger partial charge in [-0.25, -0.2) is 24.1 Å². The van der Waals surface area contributed by atoms with Crippen molar-refractivity contribution in [1.29, 1.82) is 0 Å². The summed E-state index contributed by atoms with van der Waals surface area (Å²) in [6, 6.07) is 13.6. The molecule has 0 saturated carbocycles. The highest BCUT2D eigenvalue weighted by Crippen LogP contribution is 2.27. The van der Waals surface area contributed by atoms with Crippen LogP contribution in [0.15, 0.2) is 60.9 Å². The molecule has 0 radical (unpaired) electrons. The first-order valence-corrected chi connectivity index (χ1v) is 10.2. The van der Waals surface area contributed by atoms with Crippen LogP contribution in [0.2, 0.25) is 0 Å². The summed E-state index contributed by atoms with van der Waals surface area (Å²) in [5, 5.41) is 3.07. The number of hydrogen-bond donors (Lipinski definition) is 1. The van der Waals surface area contributed by atoms with E-state index < -0.39 is 23.8 Å². The molecule has 0 spiro atoms. The van der Waals surface area contributed by atoms with E-state index in [1.54, 1.807) is 18.2 Å². The van der Waals surface area contributed by atoms with Gasteiger partial charge in [0, 0.05) is 31.4 Å². The van der Waals surface area contributed by atoms with E-state index in [1.807, 2.05) is 30.3 Å². The van der Waals surface area contributed by atoms with E-state index in [-0.39, 0.29) is 37.6 Å². The second kappa shape index (κ2) is 9.25. The fourth-order valence-corrected chi connectivity index (χ4v) is 3.76. The Kier molecular flexibility index (Phi) is 6.25. The molecule has 7 nitrogen and oxygen atoms in total. The Morgan fingerprint density at radius 2 is 2.00 bits per heavy atom. The molecule has 2 aromatic heterocycles. The minimum absolute atomic E-state index is 0.0689. The zero-order valence-corrected chi connectivity index (χ0v) is 17.5. The van der Waals surface area contributed by atoms with Gasteiger partial charge in [-0.2, -0.15) is 4.39 Å². The molecule has 3 heterocycles. The molecule has 9 heteroatoms. The van der Waals surface area contributed by atoms with Gasteiger partial charge in [-0.3, -0.25) is 0 Å². The number of nitrogens with one attached hydrogen (secondary N) is 1. The number of alkyl halides is 1. The van der Waals surface area contributed by atoms with Gasteiger partial charge >= 0.3 is 6.09 Å². The fourth-order valence-electron chi connectivity index (χ4n) is 3.76. The second-order valence-electron chi connectivity index (χ2n) is 7.99. The summed E-state index contributed by atoms with van der Waals surface area (Å²) in [5.74, 6) is -0.426. The maximum absolute atomic E-state index is 15.0. The van der Waals surface area contributed by atoms with Crippen LogP contribution in [0, 0.1) is 5.95 Å². The third-order valence-electron chi connectivity index (χ3n) is 5.12. The van der Waals surface area contributed by atoms with Crippen LogP contribution < -0.4 is 5.32 Å². The maximum Gasteiger partial charge on any atom is 0.410 e. The van der Waals surface area contributed by atoms with Crippen molar-refractivity contribution >= 4 is 12.0 Å². The van der Waals surface area contributed by atoms with Gasteiger partial charge in [0.1, 0.15) is 12.3 Å². The topological polar surface area (TPSA) is 80.2 Å². The zero-order chi connectivity index (χ0) is 22.6. The number of halogens is 2. The summed E-state index contributed by atoms with van der Waals surface area (Å²) in [6.45, 7) is 1.71. The van der Waals surface area contributed by atoms with Crippen molar-refractivity contribution < 1.29 is 18.3 Å². The fraction of sp³-hybridized carbons (Fsp3) is 0.304. The summed E-state index contributed by atoms with van der Waals surface area (Å²) in [7, 11) is 0. The van der Waals surface area contributed by atoms with Crippen LogP contribution in [-0.4, -0.2) is 50.7 Å². The van der Waals surface area contributed by atoms with Gasteiger partial charge in [-0.05, 0) is 30.7 Å². The highest BCUT2D eigenvalue weighted by Gasteiger charge is 2.39. The maximum atomic E-state index is 15.0. The molecule has 1 aliphatic heterocycles. The van der Waals surface area contributed by atoms with E-state index >= 15 is 4.39 Å². The molecule has 1 amide bonds. The van der Waals surface area contributed by atoms with Gasteiger partial charge in [0.05, 0.1) is 17.8 Å². The lowest BCUT2D eigenvalue weighted by atomic mass is 9.93. The molecular weight excluding hydrogens is 416 g/mol. The Hall–Kier alpha value is -3.62. The number of ether oxygens (including phenoxy) is 1. The van der Waals surface area contributed by atoms with Gasteiger partial charge in [0.2, 0.25) is 11.9 Å². The number of benzene rings is 1. The molecule has 166 valence electrons. The number of aromatic nitrogens is 3. The quantitative estimate of drug-likeness (QED) is 0.600. The average molecular weight is 439 g/mol. The SMILES string of the molecule is C[C@]1(F)C[C@H](Nc2nccc(-c3cccnc3F)n2)CN(C(=O)OCc2ccccc2)C1. The zero-order valence-electron chi connectivity index (χ0n) is 17.5. The van der Waals surface area contributed by atoms with Crippen molar-refractivity contribution in [2.45, 2.75) is 31.7 Å². The summed E-state index contributed by atoms with van der Waals surface area (Å²) in [5.41, 5.74) is -0.174. The number of rotatable bonds is 5. The second-order valence-corrected chi connectivity index (χ2v) is 7.99. The first kappa shape index (κ1) is 21.6. The van der Waals surface area contributed by atoms with Crippen molar-refractivity contribution in [3.05, 3.63) is 72.4 Å². The first-order chi connectivity index (χ1) is 15.4. The normalized spacial score (nSPS) is 20.6. The molecule has 32 heavy (non-hydrogen) atoms. The molecule has 1 aliphatic rings. The van der Waals surface area contributed by atoms with Gasteiger partial charge in [0.15, 0.2) is 0 Å². The van der Waals surface area contributed by atoms with E-state index in [9.17, 15) is 9.18 Å². The molecule has 2 atom stereocenters. The molecule has 1 saturated heterocycles. The monoisotopic (exact) mass is 439 g/mol. The molecular formula is C23H23F2N5O2. The van der Waals surface area contributed by atoms with E-state index in [4.69, 9.17) is 4.74 Å². The van der Waals surface area contributed by atoms with E-state index in [0.29, 0.717) is 5.69 Å². The molecule has 3 aromatic rings. The van der Waals surface area contributed by atoms with Crippen LogP contribution in [0.5, 0.6) is 0 Å². The number of hydrogen-bond acceptors (Lipinski definition) is 6. The molecule has 1 N–H and O–H groups in total. The molecule has 0 aliphatic carbocycles. The van der Waals surface area contributed by atoms with Gasteiger partial charge < -0.3 is 15.0 Å². The van der Waals surface area contributed by atoms with E-state index in [2.05, 4.69) is 20.3 Å². The minimum atomic E-state index is -1.62. The highest BCUT2D eigenvalue weighted by molar-refractivity contribution is 5.68. The van der Waals surface area contributed by atoms with Crippen molar-refractivity contribution in [3.63, 3.8) is 0 Å². The van der Waals surface area contributed by atoms with Crippen molar-refractivity contribution in [3.8, 4) is 11.3 Å². The summed E-state index contributed by atoms with van der Waals surface area (Å²) in [6.07, 6.45) is 2.41. The Morgan fingerprint density at radius 3 is 2.78 bits per heavy atom. The third-order valence-corrected chi connectivity index (χ3v) is 5.12. The summed E-state index contributed by atoms with van der Waals surface area (Å²) < 4.78 is 34.4. The van der Waals surface area contributed by atoms with E-state index in [1.165, 1.54) is 24.2 Å². The molecule has 1 fully saturated rings. The number of likely N-dealkylation sites (tertiary alicyclic amines) is 1. The van der Waals surface area contributed by atoms with Crippen LogP contribution in [0.4, 0.5) is 19.5 Å². The number of nitrogens with zero attached hydrogens (tertiary/aromatic N) is 4. The smallest absolute Gasteiger partial charge is 0.410 e. The highest BCUT2D eigenvalue weighted by atomic mass is 19.1. The van der Waals surface area contributed by atoms with Crippen LogP contribution in [0.25, 0.3) is 11.3 Å². The molecule has 4 rings (SSSR count). The van der Waals surface area contributed by atoms with Crippen molar-refractivity contribution in [2.75, 3.05) is 18.4 Å². The number of piperidine rings is 1. The lowest BCUT2D eigenvalue weighted by Gasteiger charge is -2.39. The van der Waals surface area contributed by atoms with Crippen LogP contribution in [0.1, 0.15) is 18.9 Å². The Morgan fingerprint density at radius 1 is 1.19 bits per heavy atom. The number of pyridine rings is 1. The predicted molar refractivity (Wildman–Crippen MR) is 115 cm³/mol. The lowest BCUT2D eigenvalue weighted by Crippen LogP contribution is -2.54. The summed E-state index contributed by atoms with van der Waals surface area (Å²) in [4.78, 5) is 26.0. The Balaban J connectivity index is 1.44. The van der Waals surface area contributed by atoms with Crippen molar-refractivity contribution in [2.24, 2.45) is 0 Å². The third kappa shape index (κ3) is 5.35. The van der Waals surface area contributed by atoms with Crippen LogP contribution in [-0.2, 0) is 11.3 Å². The minimum Gasteiger partial charge on any atom is -0.445 e. The van der Waals surface area contributed by atoms with Crippen LogP contribution >= 0.6 is 0 Å². The van der Waals surface area contributed by atoms with Gasteiger partial charge in [0.25, 0.3) is 0 Å². The summed E-state index contributed by atoms with van der Waals surface area (Å²) >= 11 is 0. The van der Waals surface area contributed by atoms with Gasteiger partial charge in [-0.1, -0.05) is 30.3 Å². The van der Waals surface area contributed by atoms with Crippen molar-refractivity contribution in [1.82, 2.24) is 19.9 Å². The van der Waals surface area contributed by atoms with Crippen LogP contribution in [0.3, 0.4) is 0 Å². The largest absolute Gasteiger partial charge is 0.445 e. The number of carbonyl (C=O) groups excluding carboxylic acids is 1. The standard InChI is InChI=1S/C23H23F2N5O2/c1-23(25)12-17(13-30(15-23)22(31)32-14-16-6-3-2-4-7-16)28-21-27-11-9-19(29-21)18-8-5-10-26-20(18)24/h2-11,17H,12-15H2,1H3,(H,27,28,29)/t17-,23-/m0/s1. The molecule has 1 aromatic carbocycles. The lowest BCUT2D eigenvalue weighted by molar-refractivity contribution is 0.0339. The van der Waals surface area contributed by atoms with E-state index in [0.717, 1.165) is 5.56 Å². The Labute approximate surface area is 184 Å². The number of amides is 1. The average Bonchev–Trinajstić information content (AvgIpc) is 2.77. The first-order valence-electron chi connectivity index (χ1n) is 10.2.